The van der Waals surface area contributed by atoms with Crippen LogP contribution in [0.4, 0.5) is 0 Å². The lowest BCUT2D eigenvalue weighted by Crippen LogP contribution is -2.35. The van der Waals surface area contributed by atoms with Gasteiger partial charge in [-0.05, 0) is 13.3 Å². The van der Waals surface area contributed by atoms with Gasteiger partial charge in [0.1, 0.15) is 0 Å². The van der Waals surface area contributed by atoms with E-state index in [1.165, 1.54) is 0 Å². The lowest BCUT2D eigenvalue weighted by atomic mass is 10.3. The molecule has 0 aromatic carbocycles. The van der Waals surface area contributed by atoms with Gasteiger partial charge in [0.05, 0.1) is 12.0 Å². The molecular weight excluding hydrogens is 328 g/mol. The zero-order valence-electron chi connectivity index (χ0n) is 14.3. The van der Waals surface area contributed by atoms with E-state index < -0.39 is 0 Å². The fraction of sp³-hybridized carbons (Fsp3) is 0.600. The van der Waals surface area contributed by atoms with Crippen molar-refractivity contribution in [1.29, 1.82) is 5.26 Å². The normalized spacial score (nSPS) is 11.0. The smallest absolute Gasteiger partial charge is 0.307 e. The van der Waals surface area contributed by atoms with Crippen LogP contribution in [-0.4, -0.2) is 40.8 Å². The highest BCUT2D eigenvalue weighted by molar-refractivity contribution is 7.98. The first-order valence-corrected chi connectivity index (χ1v) is 8.87. The monoisotopic (exact) mass is 352 g/mol. The predicted molar refractivity (Wildman–Crippen MR) is 94.2 cm³/mol. The molecule has 0 aliphatic rings. The van der Waals surface area contributed by atoms with Crippen LogP contribution in [0.3, 0.4) is 0 Å². The Morgan fingerprint density at radius 1 is 1.58 bits per heavy atom. The highest BCUT2D eigenvalue weighted by Gasteiger charge is 2.08. The summed E-state index contributed by atoms with van der Waals surface area (Å²) in [5.41, 5.74) is 1.98. The second kappa shape index (κ2) is 11.3. The number of guanidine groups is 1. The van der Waals surface area contributed by atoms with Gasteiger partial charge in [-0.1, -0.05) is 6.92 Å². The molecular formula is C15H24N6O2S. The Morgan fingerprint density at radius 3 is 3.04 bits per heavy atom. The Balaban J connectivity index is 2.32. The number of nitriles is 1. The molecule has 0 radical (unpaired) electrons. The number of esters is 1. The first kappa shape index (κ1) is 19.8. The number of thioether (sulfide) groups is 1. The van der Waals surface area contributed by atoms with Gasteiger partial charge < -0.3 is 14.6 Å². The number of hydrogen-bond acceptors (Lipinski definition) is 6. The second-order valence-electron chi connectivity index (χ2n) is 4.93. The van der Waals surface area contributed by atoms with E-state index in [4.69, 9.17) is 10.00 Å². The molecule has 0 saturated carbocycles. The maximum Gasteiger partial charge on any atom is 0.307 e. The lowest BCUT2D eigenvalue weighted by molar-refractivity contribution is -0.147. The first-order valence-electron chi connectivity index (χ1n) is 7.72. The number of nitrogens with one attached hydrogen (secondary N) is 2. The third kappa shape index (κ3) is 6.91. The third-order valence-electron chi connectivity index (χ3n) is 3.20. The van der Waals surface area contributed by atoms with Crippen LogP contribution in [-0.2, 0) is 22.0 Å². The molecule has 24 heavy (non-hydrogen) atoms. The summed E-state index contributed by atoms with van der Waals surface area (Å²) in [6.45, 7) is 4.81. The molecule has 132 valence electrons. The van der Waals surface area contributed by atoms with Gasteiger partial charge >= 0.3 is 5.97 Å². The number of rotatable bonds is 9. The number of aliphatic imine (C=N–C) groups is 1. The average molecular weight is 352 g/mol. The van der Waals surface area contributed by atoms with E-state index in [0.29, 0.717) is 18.9 Å². The molecule has 1 heterocycles. The summed E-state index contributed by atoms with van der Waals surface area (Å²) >= 11 is 1.73. The van der Waals surface area contributed by atoms with Gasteiger partial charge in [0.25, 0.3) is 0 Å². The fourth-order valence-corrected chi connectivity index (χ4v) is 2.68. The van der Waals surface area contributed by atoms with Crippen LogP contribution < -0.4 is 10.6 Å². The Labute approximate surface area is 146 Å². The largest absolute Gasteiger partial charge is 0.444 e. The van der Waals surface area contributed by atoms with Crippen LogP contribution in [0.5, 0.6) is 0 Å². The summed E-state index contributed by atoms with van der Waals surface area (Å²) in [4.78, 5) is 19.7. The topological polar surface area (TPSA) is 104 Å². The van der Waals surface area contributed by atoms with E-state index in [0.717, 1.165) is 29.3 Å². The number of imidazole rings is 1. The first-order chi connectivity index (χ1) is 11.6. The van der Waals surface area contributed by atoms with Crippen LogP contribution in [0.25, 0.3) is 0 Å². The molecule has 9 heteroatoms. The van der Waals surface area contributed by atoms with Crippen LogP contribution in [0.1, 0.15) is 31.2 Å². The van der Waals surface area contributed by atoms with E-state index in [-0.39, 0.29) is 12.7 Å². The van der Waals surface area contributed by atoms with Gasteiger partial charge in [-0.25, -0.2) is 4.98 Å². The zero-order valence-corrected chi connectivity index (χ0v) is 15.2. The standard InChI is InChI=1S/C15H24N6O2S/c1-4-5-14(22)23-11-21-10-20-13(12(21)2)8-24-7-6-18-15(17-3)19-9-16/h10H,4-8,11H2,1-3H3,(H2,17,18,19). The molecule has 2 N–H and O–H groups in total. The number of ether oxygens (including phenoxy) is 1. The lowest BCUT2D eigenvalue weighted by Gasteiger charge is -2.08. The number of carbonyl (C=O) groups is 1. The minimum absolute atomic E-state index is 0.188. The average Bonchev–Trinajstić information content (AvgIpc) is 2.92. The molecule has 0 amide bonds. The molecule has 1 rings (SSSR count). The number of nitrogens with zero attached hydrogens (tertiary/aromatic N) is 4. The summed E-state index contributed by atoms with van der Waals surface area (Å²) in [7, 11) is 1.61. The maximum atomic E-state index is 11.4. The zero-order chi connectivity index (χ0) is 17.8. The molecule has 0 atom stereocenters. The molecule has 0 aliphatic heterocycles. The van der Waals surface area contributed by atoms with Gasteiger partial charge in [-0.3, -0.25) is 15.1 Å². The number of carbonyl (C=O) groups excluding carboxylic acids is 1. The van der Waals surface area contributed by atoms with Crippen molar-refractivity contribution in [2.75, 3.05) is 19.3 Å². The number of aromatic nitrogens is 2. The van der Waals surface area contributed by atoms with E-state index in [2.05, 4.69) is 20.6 Å². The van der Waals surface area contributed by atoms with Crippen LogP contribution in [0, 0.1) is 18.4 Å². The van der Waals surface area contributed by atoms with Crippen molar-refractivity contribution in [1.82, 2.24) is 20.2 Å². The van der Waals surface area contributed by atoms with Crippen LogP contribution in [0.15, 0.2) is 11.3 Å². The van der Waals surface area contributed by atoms with E-state index in [1.807, 2.05) is 24.6 Å². The van der Waals surface area contributed by atoms with Crippen LogP contribution >= 0.6 is 11.8 Å². The van der Waals surface area contributed by atoms with Crippen LogP contribution in [0.2, 0.25) is 0 Å². The summed E-state index contributed by atoms with van der Waals surface area (Å²) in [5.74, 6) is 1.90. The minimum atomic E-state index is -0.188. The summed E-state index contributed by atoms with van der Waals surface area (Å²) in [6, 6.07) is 0. The number of hydrogen-bond donors (Lipinski definition) is 2. The highest BCUT2D eigenvalue weighted by Crippen LogP contribution is 2.14. The van der Waals surface area contributed by atoms with Crippen molar-refractivity contribution in [2.45, 2.75) is 39.2 Å². The Morgan fingerprint density at radius 2 is 2.38 bits per heavy atom. The third-order valence-corrected chi connectivity index (χ3v) is 4.17. The van der Waals surface area contributed by atoms with Crippen molar-refractivity contribution in [3.05, 3.63) is 17.7 Å². The van der Waals surface area contributed by atoms with Crippen molar-refractivity contribution in [2.24, 2.45) is 4.99 Å². The summed E-state index contributed by atoms with van der Waals surface area (Å²) in [5, 5.41) is 14.0. The van der Waals surface area contributed by atoms with Crippen molar-refractivity contribution in [3.63, 3.8) is 0 Å². The van der Waals surface area contributed by atoms with Crippen molar-refractivity contribution < 1.29 is 9.53 Å². The highest BCUT2D eigenvalue weighted by atomic mass is 32.2. The van der Waals surface area contributed by atoms with E-state index >= 15 is 0 Å². The molecule has 1 aromatic rings. The molecule has 8 nitrogen and oxygen atoms in total. The second-order valence-corrected chi connectivity index (χ2v) is 6.04. The molecule has 0 aliphatic carbocycles. The molecule has 0 unspecified atom stereocenters. The summed E-state index contributed by atoms with van der Waals surface area (Å²) < 4.78 is 7.02. The van der Waals surface area contributed by atoms with Gasteiger partial charge in [0, 0.05) is 37.2 Å². The Kier molecular flexibility index (Phi) is 9.38. The SMILES string of the molecule is CCCC(=O)OCn1cnc(CSCCNC(=NC)NC#N)c1C. The predicted octanol–water partition coefficient (Wildman–Crippen LogP) is 1.37. The van der Waals surface area contributed by atoms with E-state index in [9.17, 15) is 4.79 Å². The Hall–Kier alpha value is -2.21. The minimum Gasteiger partial charge on any atom is -0.444 e. The molecule has 0 fully saturated rings. The molecule has 0 bridgehead atoms. The van der Waals surface area contributed by atoms with Crippen molar-refractivity contribution >= 4 is 23.7 Å². The maximum absolute atomic E-state index is 11.4. The Bertz CT molecular complexity index is 593. The van der Waals surface area contributed by atoms with E-state index in [1.54, 1.807) is 25.1 Å². The molecule has 0 saturated heterocycles. The van der Waals surface area contributed by atoms with Gasteiger partial charge in [0.15, 0.2) is 12.9 Å². The molecule has 1 aromatic heterocycles. The summed E-state index contributed by atoms with van der Waals surface area (Å²) in [6.07, 6.45) is 4.74. The fourth-order valence-electron chi connectivity index (χ4n) is 1.82. The van der Waals surface area contributed by atoms with Gasteiger partial charge in [-0.2, -0.15) is 17.0 Å². The van der Waals surface area contributed by atoms with Gasteiger partial charge in [0.2, 0.25) is 5.96 Å². The molecule has 0 spiro atoms. The van der Waals surface area contributed by atoms with Crippen molar-refractivity contribution in [3.8, 4) is 6.19 Å². The van der Waals surface area contributed by atoms with Gasteiger partial charge in [-0.15, -0.1) is 0 Å². The quantitative estimate of drug-likeness (QED) is 0.173.